The van der Waals surface area contributed by atoms with E-state index in [1.54, 1.807) is 0 Å². The average molecular weight is 280 g/mol. The Balaban J connectivity index is 1.88. The molecule has 0 aromatic heterocycles. The molecule has 0 radical (unpaired) electrons. The monoisotopic (exact) mass is 280 g/mol. The van der Waals surface area contributed by atoms with Crippen LogP contribution in [0.25, 0.3) is 0 Å². The fraction of sp³-hybridized carbons (Fsp3) is 0.800. The number of allylic oxidation sites excluding steroid dienone is 1. The van der Waals surface area contributed by atoms with Gasteiger partial charge in [0.25, 0.3) is 0 Å². The van der Waals surface area contributed by atoms with Crippen LogP contribution in [-0.4, -0.2) is 68.2 Å². The third kappa shape index (κ3) is 2.99. The van der Waals surface area contributed by atoms with Gasteiger partial charge in [-0.15, -0.1) is 0 Å². The summed E-state index contributed by atoms with van der Waals surface area (Å²) < 4.78 is 10.9. The molecule has 0 aromatic rings. The second kappa shape index (κ2) is 6.59. The van der Waals surface area contributed by atoms with Crippen LogP contribution in [-0.2, 0) is 14.3 Å². The van der Waals surface area contributed by atoms with Crippen molar-refractivity contribution in [1.82, 2.24) is 9.80 Å². The van der Waals surface area contributed by atoms with Gasteiger partial charge in [0, 0.05) is 38.2 Å². The molecule has 20 heavy (non-hydrogen) atoms. The van der Waals surface area contributed by atoms with E-state index in [1.807, 2.05) is 0 Å². The van der Waals surface area contributed by atoms with Crippen LogP contribution in [0, 0.1) is 0 Å². The van der Waals surface area contributed by atoms with Crippen molar-refractivity contribution in [3.05, 3.63) is 11.4 Å². The van der Waals surface area contributed by atoms with Crippen LogP contribution in [0.4, 0.5) is 0 Å². The Morgan fingerprint density at radius 2 is 1.30 bits per heavy atom. The molecule has 0 amide bonds. The SMILES string of the molecule is O=C1CCCCC1=C(N1CCOCC1)N1CCOCC1. The number of ether oxygens (including phenoxy) is 2. The first-order chi connectivity index (χ1) is 9.86. The van der Waals surface area contributed by atoms with Gasteiger partial charge in [-0.3, -0.25) is 4.79 Å². The Bertz CT molecular complexity index is 363. The van der Waals surface area contributed by atoms with Crippen molar-refractivity contribution in [2.45, 2.75) is 25.7 Å². The number of hydrogen-bond acceptors (Lipinski definition) is 5. The predicted molar refractivity (Wildman–Crippen MR) is 75.3 cm³/mol. The second-order valence-electron chi connectivity index (χ2n) is 5.63. The summed E-state index contributed by atoms with van der Waals surface area (Å²) in [6, 6.07) is 0. The molecule has 0 aromatic carbocycles. The predicted octanol–water partition coefficient (Wildman–Crippen LogP) is 1.01. The minimum Gasteiger partial charge on any atom is -0.378 e. The molecule has 0 bridgehead atoms. The number of carbonyl (C=O) groups excluding carboxylic acids is 1. The summed E-state index contributed by atoms with van der Waals surface area (Å²) in [5, 5.41) is 0. The number of nitrogens with zero attached hydrogens (tertiary/aromatic N) is 2. The van der Waals surface area contributed by atoms with Gasteiger partial charge in [0.15, 0.2) is 5.78 Å². The van der Waals surface area contributed by atoms with Crippen LogP contribution in [0.3, 0.4) is 0 Å². The minimum atomic E-state index is 0.351. The smallest absolute Gasteiger partial charge is 0.162 e. The number of Topliss-reactive ketones (excluding diaryl/α,β-unsaturated/α-hetero) is 1. The molecule has 2 heterocycles. The molecule has 1 aliphatic carbocycles. The number of carbonyl (C=O) groups is 1. The van der Waals surface area contributed by atoms with Gasteiger partial charge in [-0.1, -0.05) is 0 Å². The van der Waals surface area contributed by atoms with Gasteiger partial charge in [-0.25, -0.2) is 0 Å². The van der Waals surface area contributed by atoms with E-state index in [1.165, 1.54) is 5.82 Å². The summed E-state index contributed by atoms with van der Waals surface area (Å²) >= 11 is 0. The third-order valence-electron chi connectivity index (χ3n) is 4.31. The van der Waals surface area contributed by atoms with Gasteiger partial charge in [-0.05, 0) is 19.3 Å². The lowest BCUT2D eigenvalue weighted by atomic mass is 9.92. The molecule has 0 unspecified atom stereocenters. The lowest BCUT2D eigenvalue weighted by Gasteiger charge is -2.41. The number of rotatable bonds is 2. The molecule has 0 N–H and O–H groups in total. The van der Waals surface area contributed by atoms with E-state index in [-0.39, 0.29) is 0 Å². The maximum Gasteiger partial charge on any atom is 0.162 e. The normalized spacial score (nSPS) is 25.0. The quantitative estimate of drug-likeness (QED) is 0.706. The van der Waals surface area contributed by atoms with Crippen LogP contribution in [0.5, 0.6) is 0 Å². The summed E-state index contributed by atoms with van der Waals surface area (Å²) in [5.41, 5.74) is 1.06. The van der Waals surface area contributed by atoms with E-state index in [0.717, 1.165) is 77.4 Å². The van der Waals surface area contributed by atoms with Crippen LogP contribution in [0.1, 0.15) is 25.7 Å². The molecule has 3 rings (SSSR count). The van der Waals surface area contributed by atoms with Gasteiger partial charge in [0.1, 0.15) is 5.82 Å². The van der Waals surface area contributed by atoms with Gasteiger partial charge < -0.3 is 19.3 Å². The van der Waals surface area contributed by atoms with Crippen LogP contribution in [0.15, 0.2) is 11.4 Å². The maximum atomic E-state index is 12.3. The van der Waals surface area contributed by atoms with E-state index in [4.69, 9.17) is 9.47 Å². The first-order valence-corrected chi connectivity index (χ1v) is 7.78. The highest BCUT2D eigenvalue weighted by Gasteiger charge is 2.28. The van der Waals surface area contributed by atoms with E-state index in [9.17, 15) is 4.79 Å². The van der Waals surface area contributed by atoms with Crippen molar-refractivity contribution >= 4 is 5.78 Å². The van der Waals surface area contributed by atoms with E-state index in [2.05, 4.69) is 9.80 Å². The van der Waals surface area contributed by atoms with Gasteiger partial charge in [0.2, 0.25) is 0 Å². The van der Waals surface area contributed by atoms with Crippen molar-refractivity contribution in [3.8, 4) is 0 Å². The number of hydrogen-bond donors (Lipinski definition) is 0. The highest BCUT2D eigenvalue weighted by Crippen LogP contribution is 2.28. The molecule has 112 valence electrons. The Morgan fingerprint density at radius 3 is 1.80 bits per heavy atom. The van der Waals surface area contributed by atoms with Gasteiger partial charge >= 0.3 is 0 Å². The summed E-state index contributed by atoms with van der Waals surface area (Å²) in [4.78, 5) is 17.1. The molecule has 2 saturated heterocycles. The molecular weight excluding hydrogens is 256 g/mol. The molecule has 5 heteroatoms. The van der Waals surface area contributed by atoms with E-state index >= 15 is 0 Å². The summed E-state index contributed by atoms with van der Waals surface area (Å²) in [7, 11) is 0. The zero-order valence-electron chi connectivity index (χ0n) is 12.1. The van der Waals surface area contributed by atoms with Crippen molar-refractivity contribution < 1.29 is 14.3 Å². The Hall–Kier alpha value is -1.07. The minimum absolute atomic E-state index is 0.351. The van der Waals surface area contributed by atoms with Crippen molar-refractivity contribution in [2.24, 2.45) is 0 Å². The van der Waals surface area contributed by atoms with Crippen LogP contribution >= 0.6 is 0 Å². The molecular formula is C15H24N2O3. The zero-order chi connectivity index (χ0) is 13.8. The Morgan fingerprint density at radius 1 is 0.800 bits per heavy atom. The van der Waals surface area contributed by atoms with Crippen LogP contribution in [0.2, 0.25) is 0 Å². The molecule has 2 aliphatic heterocycles. The fourth-order valence-electron chi connectivity index (χ4n) is 3.25. The summed E-state index contributed by atoms with van der Waals surface area (Å²) in [6.45, 7) is 6.61. The standard InChI is InChI=1S/C15H24N2O3/c18-14-4-2-1-3-13(14)15(16-5-9-19-10-6-16)17-7-11-20-12-8-17/h1-12H2. The summed E-state index contributed by atoms with van der Waals surface area (Å²) in [5.74, 6) is 1.53. The van der Waals surface area contributed by atoms with Crippen LogP contribution < -0.4 is 0 Å². The highest BCUT2D eigenvalue weighted by atomic mass is 16.5. The second-order valence-corrected chi connectivity index (χ2v) is 5.63. The average Bonchev–Trinajstić information content (AvgIpc) is 2.52. The van der Waals surface area contributed by atoms with Crippen molar-refractivity contribution in [3.63, 3.8) is 0 Å². The molecule has 1 saturated carbocycles. The Kier molecular flexibility index (Phi) is 4.58. The van der Waals surface area contributed by atoms with Crippen molar-refractivity contribution in [2.75, 3.05) is 52.6 Å². The fourth-order valence-corrected chi connectivity index (χ4v) is 3.25. The lowest BCUT2D eigenvalue weighted by molar-refractivity contribution is -0.117. The summed E-state index contributed by atoms with van der Waals surface area (Å²) in [6.07, 6.45) is 3.83. The van der Waals surface area contributed by atoms with Gasteiger partial charge in [-0.2, -0.15) is 0 Å². The molecule has 3 aliphatic rings. The highest BCUT2D eigenvalue weighted by molar-refractivity contribution is 5.96. The number of ketones is 1. The van der Waals surface area contributed by atoms with E-state index < -0.39 is 0 Å². The topological polar surface area (TPSA) is 42.0 Å². The zero-order valence-corrected chi connectivity index (χ0v) is 12.1. The first kappa shape index (κ1) is 13.9. The third-order valence-corrected chi connectivity index (χ3v) is 4.31. The largest absolute Gasteiger partial charge is 0.378 e. The number of morpholine rings is 2. The molecule has 0 spiro atoms. The van der Waals surface area contributed by atoms with Crippen molar-refractivity contribution in [1.29, 1.82) is 0 Å². The lowest BCUT2D eigenvalue weighted by Crippen LogP contribution is -2.47. The molecule has 3 fully saturated rings. The first-order valence-electron chi connectivity index (χ1n) is 7.78. The van der Waals surface area contributed by atoms with Gasteiger partial charge in [0.05, 0.1) is 26.4 Å². The maximum absolute atomic E-state index is 12.3. The molecule has 5 nitrogen and oxygen atoms in total. The van der Waals surface area contributed by atoms with E-state index in [0.29, 0.717) is 12.2 Å². The molecule has 0 atom stereocenters. The Labute approximate surface area is 120 Å².